The number of allylic oxidation sites excluding steroid dienone is 1. The van der Waals surface area contributed by atoms with Crippen LogP contribution in [-0.2, 0) is 21.5 Å². The molecular formula is C35H32F3N5O4S2. The third-order valence-corrected chi connectivity index (χ3v) is 9.80. The molecule has 49 heavy (non-hydrogen) atoms. The maximum absolute atomic E-state index is 14.1. The molecule has 1 unspecified atom stereocenters. The van der Waals surface area contributed by atoms with Gasteiger partial charge in [-0.15, -0.1) is 11.8 Å². The Morgan fingerprint density at radius 2 is 1.88 bits per heavy atom. The lowest BCUT2D eigenvalue weighted by atomic mass is 9.95. The van der Waals surface area contributed by atoms with E-state index in [1.165, 1.54) is 29.9 Å². The number of nitrogens with zero attached hydrogens (tertiary/aromatic N) is 5. The maximum atomic E-state index is 14.1. The molecule has 0 saturated heterocycles. The number of carbonyl (C=O) groups excluding carboxylic acids is 1. The topological polar surface area (TPSA) is 110 Å². The number of hydrogen-bond acceptors (Lipinski definition) is 10. The van der Waals surface area contributed by atoms with Gasteiger partial charge in [0.1, 0.15) is 22.5 Å². The Hall–Kier alpha value is -4.87. The van der Waals surface area contributed by atoms with E-state index >= 15 is 0 Å². The first-order chi connectivity index (χ1) is 23.3. The van der Waals surface area contributed by atoms with Gasteiger partial charge in [-0.1, -0.05) is 29.5 Å². The number of rotatable bonds is 9. The molecule has 0 amide bonds. The molecule has 0 bridgehead atoms. The molecule has 1 aliphatic heterocycles. The van der Waals surface area contributed by atoms with Crippen molar-refractivity contribution >= 4 is 40.8 Å². The summed E-state index contributed by atoms with van der Waals surface area (Å²) in [6.45, 7) is 5.03. The lowest BCUT2D eigenvalue weighted by molar-refractivity contribution is -0.141. The van der Waals surface area contributed by atoms with Crippen LogP contribution in [0.1, 0.15) is 53.4 Å². The van der Waals surface area contributed by atoms with E-state index in [9.17, 15) is 28.0 Å². The van der Waals surface area contributed by atoms with E-state index in [0.29, 0.717) is 31.9 Å². The lowest BCUT2D eigenvalue weighted by Gasteiger charge is -2.25. The minimum atomic E-state index is -4.67. The number of benzene rings is 2. The smallest absolute Gasteiger partial charge is 0.433 e. The highest BCUT2D eigenvalue weighted by molar-refractivity contribution is 7.98. The van der Waals surface area contributed by atoms with Gasteiger partial charge in [0.25, 0.3) is 5.56 Å². The zero-order chi connectivity index (χ0) is 35.6. The Bertz CT molecular complexity index is 2180. The van der Waals surface area contributed by atoms with Crippen molar-refractivity contribution in [3.8, 4) is 11.8 Å². The van der Waals surface area contributed by atoms with Crippen LogP contribution in [0.5, 0.6) is 5.75 Å². The van der Waals surface area contributed by atoms with Crippen molar-refractivity contribution in [2.45, 2.75) is 43.8 Å². The fourth-order valence-electron chi connectivity index (χ4n) is 5.39. The van der Waals surface area contributed by atoms with E-state index in [2.05, 4.69) is 9.98 Å². The first kappa shape index (κ1) is 35.4. The van der Waals surface area contributed by atoms with Crippen molar-refractivity contribution in [2.24, 2.45) is 4.99 Å². The Balaban J connectivity index is 1.57. The van der Waals surface area contributed by atoms with Crippen molar-refractivity contribution in [3.63, 3.8) is 0 Å². The molecule has 0 spiro atoms. The molecule has 2 aromatic heterocycles. The summed E-state index contributed by atoms with van der Waals surface area (Å²) in [4.78, 5) is 38.0. The summed E-state index contributed by atoms with van der Waals surface area (Å²) in [5, 5.41) is 9.59. The average Bonchev–Trinajstić information content (AvgIpc) is 3.36. The predicted molar refractivity (Wildman–Crippen MR) is 182 cm³/mol. The van der Waals surface area contributed by atoms with Crippen LogP contribution in [0, 0.1) is 18.3 Å². The number of anilines is 1. The second-order valence-corrected chi connectivity index (χ2v) is 13.2. The highest BCUT2D eigenvalue weighted by atomic mass is 32.2. The summed E-state index contributed by atoms with van der Waals surface area (Å²) in [5.74, 6) is 0.0609. The first-order valence-electron chi connectivity index (χ1n) is 15.0. The quantitative estimate of drug-likeness (QED) is 0.160. The second-order valence-electron chi connectivity index (χ2n) is 11.3. The number of ether oxygens (including phenoxy) is 2. The van der Waals surface area contributed by atoms with Crippen LogP contribution < -0.4 is 24.5 Å². The predicted octanol–water partition coefficient (Wildman–Crippen LogP) is 5.76. The Morgan fingerprint density at radius 3 is 2.49 bits per heavy atom. The fraction of sp³-hybridized carbons (Fsp3) is 0.286. The van der Waals surface area contributed by atoms with Crippen molar-refractivity contribution in [1.82, 2.24) is 9.55 Å². The largest absolute Gasteiger partial charge is 0.496 e. The number of aryl methyl sites for hydroxylation is 1. The van der Waals surface area contributed by atoms with Crippen LogP contribution in [-0.4, -0.2) is 43.3 Å². The van der Waals surface area contributed by atoms with Gasteiger partial charge in [-0.3, -0.25) is 9.36 Å². The minimum Gasteiger partial charge on any atom is -0.496 e. The summed E-state index contributed by atoms with van der Waals surface area (Å²) in [6.07, 6.45) is -2.97. The molecule has 4 aromatic rings. The van der Waals surface area contributed by atoms with Gasteiger partial charge < -0.3 is 14.4 Å². The van der Waals surface area contributed by atoms with Crippen molar-refractivity contribution in [3.05, 3.63) is 113 Å². The number of methoxy groups -OCH3 is 1. The number of carbonyl (C=O) groups is 1. The highest BCUT2D eigenvalue weighted by Crippen LogP contribution is 2.35. The Kier molecular flexibility index (Phi) is 10.4. The van der Waals surface area contributed by atoms with E-state index in [0.717, 1.165) is 29.1 Å². The van der Waals surface area contributed by atoms with Gasteiger partial charge >= 0.3 is 12.1 Å². The molecular weight excluding hydrogens is 676 g/mol. The SMILES string of the molecule is CCOC(=O)C1=C(C)N=c2s/c(=C/c3ccc(OC)c(CSc4nc(C(F)(F)F)cc(C)c4C#N)c3)c(=O)n2C1c1ccc(N(C)C)cc1. The number of pyridine rings is 1. The summed E-state index contributed by atoms with van der Waals surface area (Å²) in [7, 11) is 5.31. The third-order valence-electron chi connectivity index (χ3n) is 7.79. The average molecular weight is 708 g/mol. The molecule has 14 heteroatoms. The van der Waals surface area contributed by atoms with Crippen molar-refractivity contribution in [2.75, 3.05) is 32.7 Å². The molecule has 0 saturated carbocycles. The van der Waals surface area contributed by atoms with E-state index in [1.807, 2.05) is 49.3 Å². The summed E-state index contributed by atoms with van der Waals surface area (Å²) < 4.78 is 53.2. The zero-order valence-corrected chi connectivity index (χ0v) is 29.1. The van der Waals surface area contributed by atoms with E-state index < -0.39 is 23.9 Å². The number of aromatic nitrogens is 2. The summed E-state index contributed by atoms with van der Waals surface area (Å²) in [5.41, 5.74) is 2.46. The summed E-state index contributed by atoms with van der Waals surface area (Å²) >= 11 is 2.16. The van der Waals surface area contributed by atoms with E-state index in [-0.39, 0.29) is 39.6 Å². The van der Waals surface area contributed by atoms with E-state index in [1.54, 1.807) is 38.1 Å². The van der Waals surface area contributed by atoms with Crippen LogP contribution in [0.25, 0.3) is 6.08 Å². The number of nitriles is 1. The Labute approximate surface area is 288 Å². The lowest BCUT2D eigenvalue weighted by Crippen LogP contribution is -2.39. The van der Waals surface area contributed by atoms with Gasteiger partial charge in [-0.25, -0.2) is 14.8 Å². The molecule has 1 aliphatic rings. The standard InChI is InChI=1S/C35H32F3N5O4S2/c1-7-47-33(45)29-20(3)40-34-43(30(29)22-9-11-24(12-10-22)42(4)5)32(44)27(49-34)16-21-8-13-26(46-6)23(15-21)18-48-31-25(17-39)19(2)14-28(41-31)35(36,37)38/h8-16,30H,7,18H2,1-6H3/b27-16+. The fourth-order valence-corrected chi connectivity index (χ4v) is 7.47. The minimum absolute atomic E-state index is 0.0398. The molecule has 3 heterocycles. The number of hydrogen-bond donors (Lipinski definition) is 0. The van der Waals surface area contributed by atoms with Crippen LogP contribution in [0.3, 0.4) is 0 Å². The second kappa shape index (κ2) is 14.3. The van der Waals surface area contributed by atoms with Gasteiger partial charge in [-0.05, 0) is 73.9 Å². The number of thiazole rings is 1. The van der Waals surface area contributed by atoms with Gasteiger partial charge in [0.15, 0.2) is 4.80 Å². The third kappa shape index (κ3) is 7.28. The first-order valence-corrected chi connectivity index (χ1v) is 16.8. The Morgan fingerprint density at radius 1 is 1.16 bits per heavy atom. The number of esters is 1. The number of alkyl halides is 3. The van der Waals surface area contributed by atoms with Crippen LogP contribution >= 0.6 is 23.1 Å². The van der Waals surface area contributed by atoms with E-state index in [4.69, 9.17) is 9.47 Å². The molecule has 0 fully saturated rings. The molecule has 9 nitrogen and oxygen atoms in total. The molecule has 5 rings (SSSR count). The maximum Gasteiger partial charge on any atom is 0.433 e. The molecule has 2 aromatic carbocycles. The summed E-state index contributed by atoms with van der Waals surface area (Å²) in [6, 6.07) is 14.9. The molecule has 0 radical (unpaired) electrons. The van der Waals surface area contributed by atoms with Crippen molar-refractivity contribution in [1.29, 1.82) is 5.26 Å². The van der Waals surface area contributed by atoms with Gasteiger partial charge in [-0.2, -0.15) is 18.4 Å². The number of fused-ring (bicyclic) bond motifs is 1. The molecule has 254 valence electrons. The van der Waals surface area contributed by atoms with Crippen LogP contribution in [0.4, 0.5) is 18.9 Å². The monoisotopic (exact) mass is 707 g/mol. The van der Waals surface area contributed by atoms with Gasteiger partial charge in [0.05, 0.1) is 41.1 Å². The van der Waals surface area contributed by atoms with Gasteiger partial charge in [0.2, 0.25) is 0 Å². The van der Waals surface area contributed by atoms with Crippen molar-refractivity contribution < 1.29 is 27.4 Å². The highest BCUT2D eigenvalue weighted by Gasteiger charge is 2.35. The molecule has 0 aliphatic carbocycles. The number of halogens is 3. The zero-order valence-electron chi connectivity index (χ0n) is 27.5. The van der Waals surface area contributed by atoms with Gasteiger partial charge in [0, 0.05) is 31.1 Å². The van der Waals surface area contributed by atoms with Crippen LogP contribution in [0.15, 0.2) is 74.6 Å². The van der Waals surface area contributed by atoms with Crippen LogP contribution in [0.2, 0.25) is 0 Å². The molecule has 0 N–H and O–H groups in total. The molecule has 1 atom stereocenters. The number of thioether (sulfide) groups is 1. The normalized spacial score (nSPS) is 14.6.